The van der Waals surface area contributed by atoms with Crippen LogP contribution in [0.25, 0.3) is 0 Å². The van der Waals surface area contributed by atoms with Gasteiger partial charge in [-0.05, 0) is 55.1 Å². The number of nitro groups is 1. The predicted molar refractivity (Wildman–Crippen MR) is 131 cm³/mol. The van der Waals surface area contributed by atoms with Gasteiger partial charge in [-0.2, -0.15) is 0 Å². The van der Waals surface area contributed by atoms with Crippen LogP contribution in [0.2, 0.25) is 18.1 Å². The summed E-state index contributed by atoms with van der Waals surface area (Å²) in [6, 6.07) is 17.3. The molecule has 0 saturated carbocycles. The van der Waals surface area contributed by atoms with Gasteiger partial charge in [-0.1, -0.05) is 51.1 Å². The molecule has 3 rings (SSSR count). The van der Waals surface area contributed by atoms with Gasteiger partial charge in [0, 0.05) is 24.2 Å². The van der Waals surface area contributed by atoms with Crippen LogP contribution < -0.4 is 10.1 Å². The third-order valence-corrected chi connectivity index (χ3v) is 11.3. The van der Waals surface area contributed by atoms with Crippen molar-refractivity contribution in [3.05, 3.63) is 70.3 Å². The molecule has 0 spiro atoms. The number of non-ortho nitro benzene ring substituents is 1. The fourth-order valence-electron chi connectivity index (χ4n) is 3.83. The number of ether oxygens (including phenoxy) is 1. The highest BCUT2D eigenvalue weighted by molar-refractivity contribution is 6.74. The Bertz CT molecular complexity index is 881. The molecule has 6 nitrogen and oxygen atoms in total. The molecule has 2 aromatic carbocycles. The third-order valence-electron chi connectivity index (χ3n) is 6.76. The summed E-state index contributed by atoms with van der Waals surface area (Å²) in [7, 11) is -1.97. The highest BCUT2D eigenvalue weighted by atomic mass is 28.4. The summed E-state index contributed by atoms with van der Waals surface area (Å²) >= 11 is 0. The van der Waals surface area contributed by atoms with Gasteiger partial charge < -0.3 is 14.5 Å². The summed E-state index contributed by atoms with van der Waals surface area (Å²) in [5.41, 5.74) is 1.24. The fourth-order valence-corrected chi connectivity index (χ4v) is 5.17. The van der Waals surface area contributed by atoms with Crippen LogP contribution in [0.15, 0.2) is 54.6 Å². The Kier molecular flexibility index (Phi) is 7.74. The average molecular weight is 457 g/mol. The normalized spacial score (nSPS) is 20.2. The molecule has 0 bridgehead atoms. The first-order valence-corrected chi connectivity index (χ1v) is 14.3. The van der Waals surface area contributed by atoms with Gasteiger partial charge in [-0.3, -0.25) is 10.1 Å². The largest absolute Gasteiger partial charge is 0.491 e. The Labute approximate surface area is 192 Å². The number of hydrogen-bond donors (Lipinski definition) is 1. The smallest absolute Gasteiger partial charge is 0.269 e. The summed E-state index contributed by atoms with van der Waals surface area (Å²) in [6.07, 6.45) is 2.89. The number of nitrogens with zero attached hydrogens (tertiary/aromatic N) is 1. The number of rotatable bonds is 9. The lowest BCUT2D eigenvalue weighted by molar-refractivity contribution is -0.384. The summed E-state index contributed by atoms with van der Waals surface area (Å²) in [5, 5.41) is 14.8. The number of hydrogen-bond acceptors (Lipinski definition) is 5. The number of para-hydroxylation sites is 1. The standard InChI is InChI=1S/C25H36N2O4Si/c1-25(2,3)32(4,5)31-24(18-30-22-9-7-6-8-10-22)23-16-13-20(26-23)17-19-11-14-21(15-12-19)27(28)29/h6-12,14-15,20,23-24,26H,13,16-18H2,1-5H3/t20-,23-,24-/m1/s1. The van der Waals surface area contributed by atoms with Gasteiger partial charge in [0.1, 0.15) is 12.4 Å². The van der Waals surface area contributed by atoms with E-state index >= 15 is 0 Å². The second-order valence-corrected chi connectivity index (χ2v) is 15.0. The minimum atomic E-state index is -1.97. The first kappa shape index (κ1) is 24.4. The lowest BCUT2D eigenvalue weighted by Gasteiger charge is -2.41. The molecule has 0 aliphatic carbocycles. The van der Waals surface area contributed by atoms with Crippen LogP contribution in [-0.4, -0.2) is 38.0 Å². The van der Waals surface area contributed by atoms with Crippen molar-refractivity contribution in [3.8, 4) is 5.75 Å². The van der Waals surface area contributed by atoms with E-state index in [2.05, 4.69) is 39.2 Å². The third kappa shape index (κ3) is 6.40. The maximum atomic E-state index is 10.9. The zero-order valence-corrected chi connectivity index (χ0v) is 20.8. The Morgan fingerprint density at radius 1 is 1.09 bits per heavy atom. The zero-order valence-electron chi connectivity index (χ0n) is 19.8. The molecule has 0 amide bonds. The van der Waals surface area contributed by atoms with Crippen molar-refractivity contribution in [3.63, 3.8) is 0 Å². The Hall–Kier alpha value is -2.22. The molecule has 1 aliphatic rings. The van der Waals surface area contributed by atoms with E-state index in [0.717, 1.165) is 30.6 Å². The molecule has 0 radical (unpaired) electrons. The molecule has 32 heavy (non-hydrogen) atoms. The van der Waals surface area contributed by atoms with Crippen LogP contribution in [0.1, 0.15) is 39.2 Å². The lowest BCUT2D eigenvalue weighted by atomic mass is 10.0. The van der Waals surface area contributed by atoms with Crippen LogP contribution in [0.4, 0.5) is 5.69 Å². The number of nitrogens with one attached hydrogen (secondary N) is 1. The van der Waals surface area contributed by atoms with Crippen molar-refractivity contribution < 1.29 is 14.1 Å². The Balaban J connectivity index is 1.66. The number of nitro benzene ring substituents is 1. The predicted octanol–water partition coefficient (Wildman–Crippen LogP) is 5.73. The first-order valence-electron chi connectivity index (χ1n) is 11.4. The molecule has 1 aliphatic heterocycles. The van der Waals surface area contributed by atoms with E-state index in [4.69, 9.17) is 9.16 Å². The minimum absolute atomic E-state index is 0.0297. The minimum Gasteiger partial charge on any atom is -0.491 e. The van der Waals surface area contributed by atoms with Gasteiger partial charge in [0.25, 0.3) is 5.69 Å². The molecule has 0 aromatic heterocycles. The van der Waals surface area contributed by atoms with Crippen LogP contribution in [0.3, 0.4) is 0 Å². The van der Waals surface area contributed by atoms with Crippen molar-refractivity contribution in [2.24, 2.45) is 0 Å². The quantitative estimate of drug-likeness (QED) is 0.296. The fraction of sp³-hybridized carbons (Fsp3) is 0.520. The highest BCUT2D eigenvalue weighted by Gasteiger charge is 2.42. The molecule has 3 atom stereocenters. The SMILES string of the molecule is CC(C)(C)[Si](C)(C)O[C@H](COc1ccccc1)[C@H]1CC[C@H](Cc2ccc([N+](=O)[O-])cc2)N1. The Morgan fingerprint density at radius 3 is 2.34 bits per heavy atom. The van der Waals surface area contributed by atoms with Gasteiger partial charge >= 0.3 is 0 Å². The summed E-state index contributed by atoms with van der Waals surface area (Å²) in [5.74, 6) is 0.858. The zero-order chi connectivity index (χ0) is 23.4. The molecule has 1 N–H and O–H groups in total. The van der Waals surface area contributed by atoms with Gasteiger partial charge in [0.05, 0.1) is 11.0 Å². The van der Waals surface area contributed by atoms with Crippen molar-refractivity contribution in [2.75, 3.05) is 6.61 Å². The second kappa shape index (κ2) is 10.1. The summed E-state index contributed by atoms with van der Waals surface area (Å²) < 4.78 is 12.9. The van der Waals surface area contributed by atoms with Crippen LogP contribution in [-0.2, 0) is 10.8 Å². The molecule has 2 aromatic rings. The number of benzene rings is 2. The van der Waals surface area contributed by atoms with Crippen LogP contribution >= 0.6 is 0 Å². The second-order valence-electron chi connectivity index (χ2n) is 10.2. The van der Waals surface area contributed by atoms with Crippen molar-refractivity contribution in [1.82, 2.24) is 5.32 Å². The molecule has 174 valence electrons. The molecule has 0 unspecified atom stereocenters. The molecule has 1 heterocycles. The average Bonchev–Trinajstić information content (AvgIpc) is 3.19. The maximum Gasteiger partial charge on any atom is 0.269 e. The maximum absolute atomic E-state index is 10.9. The van der Waals surface area contributed by atoms with Crippen LogP contribution in [0.5, 0.6) is 5.75 Å². The Morgan fingerprint density at radius 2 is 1.75 bits per heavy atom. The van der Waals surface area contributed by atoms with Crippen molar-refractivity contribution in [2.45, 2.75) is 76.4 Å². The van der Waals surface area contributed by atoms with Gasteiger partial charge in [-0.25, -0.2) is 0 Å². The summed E-state index contributed by atoms with van der Waals surface area (Å²) in [4.78, 5) is 10.5. The van der Waals surface area contributed by atoms with E-state index in [0.29, 0.717) is 12.6 Å². The van der Waals surface area contributed by atoms with Crippen molar-refractivity contribution >= 4 is 14.0 Å². The van der Waals surface area contributed by atoms with E-state index in [1.165, 1.54) is 0 Å². The van der Waals surface area contributed by atoms with Gasteiger partial charge in [-0.15, -0.1) is 0 Å². The molecular weight excluding hydrogens is 420 g/mol. The van der Waals surface area contributed by atoms with E-state index in [-0.39, 0.29) is 27.8 Å². The highest BCUT2D eigenvalue weighted by Crippen LogP contribution is 2.38. The monoisotopic (exact) mass is 456 g/mol. The van der Waals surface area contributed by atoms with E-state index in [1.807, 2.05) is 42.5 Å². The molecule has 7 heteroatoms. The topological polar surface area (TPSA) is 73.6 Å². The molecule has 1 saturated heterocycles. The molecule has 1 fully saturated rings. The van der Waals surface area contributed by atoms with Gasteiger partial charge in [0.2, 0.25) is 0 Å². The van der Waals surface area contributed by atoms with Crippen LogP contribution in [0, 0.1) is 10.1 Å². The summed E-state index contributed by atoms with van der Waals surface area (Å²) in [6.45, 7) is 11.9. The van der Waals surface area contributed by atoms with Gasteiger partial charge in [0.15, 0.2) is 8.32 Å². The lowest BCUT2D eigenvalue weighted by Crippen LogP contribution is -2.52. The van der Waals surface area contributed by atoms with E-state index in [9.17, 15) is 10.1 Å². The van der Waals surface area contributed by atoms with E-state index < -0.39 is 8.32 Å². The van der Waals surface area contributed by atoms with E-state index in [1.54, 1.807) is 12.1 Å². The van der Waals surface area contributed by atoms with Crippen molar-refractivity contribution in [1.29, 1.82) is 0 Å². The first-order chi connectivity index (χ1) is 15.0. The molecular formula is C25H36N2O4Si.